The number of unbranched alkanes of at least 4 members (excludes halogenated alkanes) is 1. The van der Waals surface area contributed by atoms with E-state index in [0.29, 0.717) is 6.42 Å². The van der Waals surface area contributed by atoms with Gasteiger partial charge < -0.3 is 24.4 Å². The molecule has 12 heteroatoms. The molecule has 246 valence electrons. The molecule has 0 saturated carbocycles. The Balaban J connectivity index is 3.39. The highest BCUT2D eigenvalue weighted by molar-refractivity contribution is 5.91. The van der Waals surface area contributed by atoms with Gasteiger partial charge in [-0.2, -0.15) is 13.2 Å². The SMILES string of the molecule is C#CCCC[C@H](OC(=O)[C@@](OC)(c1ccccc1)C(F)(F)F)C(C)C(=O)N[C@H](C(=O)N(C)[C@H](C(=O)OC)[C@@H](C)CC)C(C)C. The maximum Gasteiger partial charge on any atom is 0.432 e. The number of carbonyl (C=O) groups excluding carboxylic acids is 4. The lowest BCUT2D eigenvalue weighted by Gasteiger charge is -2.36. The maximum absolute atomic E-state index is 14.5. The van der Waals surface area contributed by atoms with Crippen molar-refractivity contribution in [3.8, 4) is 12.3 Å². The molecule has 0 fully saturated rings. The molecule has 1 unspecified atom stereocenters. The number of hydrogen-bond acceptors (Lipinski definition) is 7. The van der Waals surface area contributed by atoms with Crippen LogP contribution in [-0.2, 0) is 39.0 Å². The molecule has 1 N–H and O–H groups in total. The van der Waals surface area contributed by atoms with Crippen LogP contribution in [0.3, 0.4) is 0 Å². The molecule has 0 aromatic heterocycles. The fourth-order valence-electron chi connectivity index (χ4n) is 4.86. The molecule has 0 saturated heterocycles. The Morgan fingerprint density at radius 2 is 1.64 bits per heavy atom. The summed E-state index contributed by atoms with van der Waals surface area (Å²) in [5, 5.41) is 2.66. The van der Waals surface area contributed by atoms with Crippen LogP contribution in [0.2, 0.25) is 0 Å². The van der Waals surface area contributed by atoms with E-state index in [1.807, 2.05) is 6.92 Å². The average molecular weight is 627 g/mol. The van der Waals surface area contributed by atoms with Crippen molar-refractivity contribution in [2.45, 2.75) is 90.3 Å². The molecule has 6 atom stereocenters. The van der Waals surface area contributed by atoms with E-state index in [-0.39, 0.29) is 25.2 Å². The third-order valence-electron chi connectivity index (χ3n) is 7.83. The Morgan fingerprint density at radius 3 is 2.09 bits per heavy atom. The smallest absolute Gasteiger partial charge is 0.432 e. The molecule has 9 nitrogen and oxygen atoms in total. The van der Waals surface area contributed by atoms with Crippen molar-refractivity contribution in [2.24, 2.45) is 17.8 Å². The highest BCUT2D eigenvalue weighted by Crippen LogP contribution is 2.43. The highest BCUT2D eigenvalue weighted by atomic mass is 19.4. The van der Waals surface area contributed by atoms with Crippen molar-refractivity contribution in [3.05, 3.63) is 35.9 Å². The zero-order valence-corrected chi connectivity index (χ0v) is 26.7. The van der Waals surface area contributed by atoms with Gasteiger partial charge in [0.1, 0.15) is 18.2 Å². The fraction of sp³-hybridized carbons (Fsp3) is 0.625. The summed E-state index contributed by atoms with van der Waals surface area (Å²) in [5.41, 5.74) is -3.94. The lowest BCUT2D eigenvalue weighted by atomic mass is 9.91. The van der Waals surface area contributed by atoms with E-state index < -0.39 is 71.1 Å². The summed E-state index contributed by atoms with van der Waals surface area (Å²) in [7, 11) is 3.41. The highest BCUT2D eigenvalue weighted by Gasteiger charge is 2.64. The molecule has 0 radical (unpaired) electrons. The molecule has 1 aromatic carbocycles. The van der Waals surface area contributed by atoms with E-state index >= 15 is 0 Å². The van der Waals surface area contributed by atoms with Crippen LogP contribution in [0.4, 0.5) is 13.2 Å². The molecule has 1 aromatic rings. The first-order valence-electron chi connectivity index (χ1n) is 14.5. The second-order valence-corrected chi connectivity index (χ2v) is 11.1. The monoisotopic (exact) mass is 626 g/mol. The minimum absolute atomic E-state index is 0.0322. The van der Waals surface area contributed by atoms with Gasteiger partial charge in [0.05, 0.1) is 13.0 Å². The lowest BCUT2D eigenvalue weighted by molar-refractivity contribution is -0.278. The van der Waals surface area contributed by atoms with Crippen molar-refractivity contribution in [2.75, 3.05) is 21.3 Å². The minimum Gasteiger partial charge on any atom is -0.467 e. The molecule has 0 aliphatic carbocycles. The molecular formula is C32H45F3N2O7. The van der Waals surface area contributed by atoms with E-state index in [1.54, 1.807) is 20.8 Å². The number of rotatable bonds is 16. The molecular weight excluding hydrogens is 581 g/mol. The third kappa shape index (κ3) is 8.97. The van der Waals surface area contributed by atoms with Crippen molar-refractivity contribution in [3.63, 3.8) is 0 Å². The number of terminal acetylenes is 1. The number of benzene rings is 1. The van der Waals surface area contributed by atoms with Gasteiger partial charge in [0.15, 0.2) is 0 Å². The number of esters is 2. The van der Waals surface area contributed by atoms with E-state index in [1.165, 1.54) is 44.2 Å². The van der Waals surface area contributed by atoms with Crippen LogP contribution in [0.5, 0.6) is 0 Å². The summed E-state index contributed by atoms with van der Waals surface area (Å²) in [6.07, 6.45) is -0.208. The maximum atomic E-state index is 14.5. The largest absolute Gasteiger partial charge is 0.467 e. The second kappa shape index (κ2) is 17.0. The summed E-state index contributed by atoms with van der Waals surface area (Å²) in [4.78, 5) is 54.2. The van der Waals surface area contributed by atoms with Crippen LogP contribution in [-0.4, -0.2) is 74.3 Å². The number of halogens is 3. The number of alkyl halides is 3. The van der Waals surface area contributed by atoms with Crippen LogP contribution in [0.15, 0.2) is 30.3 Å². The first-order chi connectivity index (χ1) is 20.5. The van der Waals surface area contributed by atoms with E-state index in [9.17, 15) is 32.3 Å². The zero-order valence-electron chi connectivity index (χ0n) is 26.7. The Morgan fingerprint density at radius 1 is 1.05 bits per heavy atom. The summed E-state index contributed by atoms with van der Waals surface area (Å²) < 4.78 is 58.6. The number of nitrogens with one attached hydrogen (secondary N) is 1. The van der Waals surface area contributed by atoms with Crippen molar-refractivity contribution in [1.29, 1.82) is 0 Å². The van der Waals surface area contributed by atoms with Gasteiger partial charge in [-0.1, -0.05) is 71.4 Å². The average Bonchev–Trinajstić information content (AvgIpc) is 2.98. The number of carbonyl (C=O) groups is 4. The Hall–Kier alpha value is -3.59. The predicted molar refractivity (Wildman–Crippen MR) is 158 cm³/mol. The first-order valence-corrected chi connectivity index (χ1v) is 14.5. The fourth-order valence-corrected chi connectivity index (χ4v) is 4.86. The first kappa shape index (κ1) is 38.4. The van der Waals surface area contributed by atoms with Gasteiger partial charge in [0.25, 0.3) is 5.60 Å². The molecule has 0 heterocycles. The molecule has 2 amide bonds. The number of ether oxygens (including phenoxy) is 3. The van der Waals surface area contributed by atoms with Crippen LogP contribution < -0.4 is 5.32 Å². The quantitative estimate of drug-likeness (QED) is 0.162. The number of nitrogens with zero attached hydrogens (tertiary/aromatic N) is 1. The standard InChI is InChI=1S/C32H45F3N2O7/c1-10-12-14-19-24(44-30(41)31(43-9,32(33,34)35)23-17-15-13-16-18-23)22(6)27(38)36-25(20(3)4)28(39)37(7)26(21(5)11-2)29(40)42-8/h1,13,15-18,20-22,24-26H,11-12,14,19H2,2-9H3,(H,36,38)/t21-,22?,24-,25-,26-,31-/m0/s1. The van der Waals surface area contributed by atoms with Gasteiger partial charge in [-0.25, -0.2) is 9.59 Å². The summed E-state index contributed by atoms with van der Waals surface area (Å²) in [6.45, 7) is 8.42. The number of hydrogen-bond donors (Lipinski definition) is 1. The second-order valence-electron chi connectivity index (χ2n) is 11.1. The molecule has 0 aliphatic heterocycles. The zero-order chi connectivity index (χ0) is 33.8. The Kier molecular flexibility index (Phi) is 14.9. The van der Waals surface area contributed by atoms with Crippen LogP contribution >= 0.6 is 0 Å². The van der Waals surface area contributed by atoms with Crippen LogP contribution in [0.25, 0.3) is 0 Å². The number of amides is 2. The Bertz CT molecular complexity index is 1150. The van der Waals surface area contributed by atoms with Crippen molar-refractivity contribution in [1.82, 2.24) is 10.2 Å². The van der Waals surface area contributed by atoms with E-state index in [2.05, 4.69) is 11.2 Å². The minimum atomic E-state index is -5.21. The summed E-state index contributed by atoms with van der Waals surface area (Å²) >= 11 is 0. The molecule has 0 spiro atoms. The van der Waals surface area contributed by atoms with Crippen molar-refractivity contribution < 1.29 is 46.6 Å². The number of likely N-dealkylation sites (N-methyl/N-ethyl adjacent to an activating group) is 1. The molecule has 0 aliphatic rings. The topological polar surface area (TPSA) is 111 Å². The van der Waals surface area contributed by atoms with Gasteiger partial charge in [0.2, 0.25) is 11.8 Å². The van der Waals surface area contributed by atoms with Crippen LogP contribution in [0.1, 0.15) is 65.9 Å². The van der Waals surface area contributed by atoms with Gasteiger partial charge >= 0.3 is 18.1 Å². The van der Waals surface area contributed by atoms with E-state index in [0.717, 1.165) is 19.2 Å². The Labute approximate surface area is 258 Å². The van der Waals surface area contributed by atoms with Crippen molar-refractivity contribution >= 4 is 23.8 Å². The van der Waals surface area contributed by atoms with Gasteiger partial charge in [0, 0.05) is 26.1 Å². The predicted octanol–water partition coefficient (Wildman–Crippen LogP) is 4.63. The molecule has 0 bridgehead atoms. The molecule has 44 heavy (non-hydrogen) atoms. The van der Waals surface area contributed by atoms with Gasteiger partial charge in [-0.3, -0.25) is 9.59 Å². The summed E-state index contributed by atoms with van der Waals surface area (Å²) in [6, 6.07) is 4.32. The number of methoxy groups -OCH3 is 2. The lowest BCUT2D eigenvalue weighted by Crippen LogP contribution is -2.57. The van der Waals surface area contributed by atoms with Crippen LogP contribution in [0, 0.1) is 30.1 Å². The summed E-state index contributed by atoms with van der Waals surface area (Å²) in [5.74, 6) is -3.12. The molecule has 1 rings (SSSR count). The normalized spacial score (nSPS) is 16.3. The third-order valence-corrected chi connectivity index (χ3v) is 7.83. The van der Waals surface area contributed by atoms with Gasteiger partial charge in [-0.15, -0.1) is 12.3 Å². The van der Waals surface area contributed by atoms with E-state index in [4.69, 9.17) is 20.6 Å². The van der Waals surface area contributed by atoms with Gasteiger partial charge in [-0.05, 0) is 24.7 Å².